The molecule has 1 heterocycles. The van der Waals surface area contributed by atoms with Crippen LogP contribution >= 0.6 is 0 Å². The summed E-state index contributed by atoms with van der Waals surface area (Å²) in [7, 11) is 0. The molecule has 1 N–H and O–H groups in total. The Labute approximate surface area is 174 Å². The van der Waals surface area contributed by atoms with E-state index in [2.05, 4.69) is 22.4 Å². The molecule has 0 aromatic heterocycles. The summed E-state index contributed by atoms with van der Waals surface area (Å²) in [5.74, 6) is 0. The van der Waals surface area contributed by atoms with Crippen molar-refractivity contribution in [2.24, 2.45) is 4.99 Å². The molecular weight excluding hydrogens is 391 g/mol. The molecule has 2 amide bonds. The Balaban J connectivity index is 1.23. The molecule has 30 heavy (non-hydrogen) atoms. The van der Waals surface area contributed by atoms with Gasteiger partial charge in [0.15, 0.2) is 0 Å². The van der Waals surface area contributed by atoms with Crippen LogP contribution in [-0.4, -0.2) is 30.2 Å². The monoisotopic (exact) mass is 417 g/mol. The third-order valence-electron chi connectivity index (χ3n) is 5.10. The molecule has 7 heteroatoms. The minimum atomic E-state index is -4.31. The van der Waals surface area contributed by atoms with Crippen LogP contribution in [0.3, 0.4) is 0 Å². The number of carbonyl (C=O) groups is 1. The van der Waals surface area contributed by atoms with Crippen molar-refractivity contribution < 1.29 is 18.0 Å². The number of rotatable bonds is 8. The van der Waals surface area contributed by atoms with Gasteiger partial charge in [0.25, 0.3) is 0 Å². The van der Waals surface area contributed by atoms with Gasteiger partial charge in [-0.15, -0.1) is 0 Å². The Hall–Kier alpha value is -2.83. The fourth-order valence-electron chi connectivity index (χ4n) is 3.39. The van der Waals surface area contributed by atoms with E-state index in [4.69, 9.17) is 0 Å². The lowest BCUT2D eigenvalue weighted by molar-refractivity contribution is -0.137. The van der Waals surface area contributed by atoms with Crippen LogP contribution < -0.4 is 5.32 Å². The molecular formula is C23H26F3N3O. The van der Waals surface area contributed by atoms with Crippen LogP contribution in [-0.2, 0) is 19.3 Å². The molecule has 0 unspecified atom stereocenters. The first-order valence-electron chi connectivity index (χ1n) is 10.2. The van der Waals surface area contributed by atoms with Crippen molar-refractivity contribution in [1.82, 2.24) is 10.2 Å². The number of nitrogens with one attached hydrogen (secondary N) is 1. The summed E-state index contributed by atoms with van der Waals surface area (Å²) < 4.78 is 37.6. The number of nitrogens with zero attached hydrogens (tertiary/aromatic N) is 2. The van der Waals surface area contributed by atoms with Crippen LogP contribution in [0.1, 0.15) is 47.9 Å². The summed E-state index contributed by atoms with van der Waals surface area (Å²) in [5, 5.41) is 2.98. The van der Waals surface area contributed by atoms with Crippen LogP contribution in [0.15, 0.2) is 53.5 Å². The molecule has 3 rings (SSSR count). The van der Waals surface area contributed by atoms with E-state index in [0.29, 0.717) is 31.7 Å². The second-order valence-corrected chi connectivity index (χ2v) is 7.43. The number of benzene rings is 2. The van der Waals surface area contributed by atoms with Crippen molar-refractivity contribution in [2.75, 3.05) is 13.1 Å². The zero-order valence-corrected chi connectivity index (χ0v) is 16.8. The summed E-state index contributed by atoms with van der Waals surface area (Å²) >= 11 is 0. The van der Waals surface area contributed by atoms with Crippen molar-refractivity contribution in [1.29, 1.82) is 0 Å². The second-order valence-electron chi connectivity index (χ2n) is 7.43. The summed E-state index contributed by atoms with van der Waals surface area (Å²) in [6.07, 6.45) is 1.11. The lowest BCUT2D eigenvalue weighted by Crippen LogP contribution is -2.36. The highest BCUT2D eigenvalue weighted by molar-refractivity contribution is 5.79. The Morgan fingerprint density at radius 3 is 2.23 bits per heavy atom. The largest absolute Gasteiger partial charge is 0.416 e. The maximum absolute atomic E-state index is 12.5. The number of carbonyl (C=O) groups excluding carboxylic acids is 1. The number of halogens is 3. The lowest BCUT2D eigenvalue weighted by Gasteiger charge is -2.16. The molecule has 0 saturated heterocycles. The van der Waals surface area contributed by atoms with Gasteiger partial charge in [0.05, 0.1) is 5.56 Å². The average Bonchev–Trinajstić information content (AvgIpc) is 3.16. The van der Waals surface area contributed by atoms with Gasteiger partial charge in [-0.3, -0.25) is 4.99 Å². The fourth-order valence-corrected chi connectivity index (χ4v) is 3.39. The van der Waals surface area contributed by atoms with E-state index in [9.17, 15) is 18.0 Å². The van der Waals surface area contributed by atoms with Gasteiger partial charge >= 0.3 is 12.2 Å². The molecule has 2 aromatic rings. The number of unbranched alkanes of at least 4 members (excludes halogenated alkanes) is 3. The third kappa shape index (κ3) is 6.34. The van der Waals surface area contributed by atoms with Gasteiger partial charge < -0.3 is 10.2 Å². The van der Waals surface area contributed by atoms with Crippen molar-refractivity contribution in [3.63, 3.8) is 0 Å². The maximum Gasteiger partial charge on any atom is 0.416 e. The first-order chi connectivity index (χ1) is 14.4. The van der Waals surface area contributed by atoms with E-state index in [1.807, 2.05) is 17.0 Å². The zero-order valence-electron chi connectivity index (χ0n) is 16.8. The first kappa shape index (κ1) is 21.9. The summed E-state index contributed by atoms with van der Waals surface area (Å²) in [5.41, 5.74) is 2.43. The molecule has 1 aliphatic heterocycles. The first-order valence-corrected chi connectivity index (χ1v) is 10.2. The Bertz CT molecular complexity index is 838. The van der Waals surface area contributed by atoms with Gasteiger partial charge in [-0.2, -0.15) is 13.2 Å². The van der Waals surface area contributed by atoms with Crippen LogP contribution in [0, 0.1) is 0 Å². The molecule has 2 aromatic carbocycles. The number of amides is 2. The number of fused-ring (bicyclic) bond motifs is 1. The predicted octanol–water partition coefficient (Wildman–Crippen LogP) is 5.41. The topological polar surface area (TPSA) is 44.7 Å². The lowest BCUT2D eigenvalue weighted by atomic mass is 10.1. The molecule has 0 spiro atoms. The second kappa shape index (κ2) is 10.3. The van der Waals surface area contributed by atoms with Gasteiger partial charge in [0.1, 0.15) is 0 Å². The van der Waals surface area contributed by atoms with Gasteiger partial charge in [-0.05, 0) is 41.7 Å². The van der Waals surface area contributed by atoms with Gasteiger partial charge in [0, 0.05) is 32.4 Å². The number of aliphatic imine (C=N–C) groups is 1. The predicted molar refractivity (Wildman–Crippen MR) is 111 cm³/mol. The van der Waals surface area contributed by atoms with E-state index >= 15 is 0 Å². The minimum absolute atomic E-state index is 0.0210. The van der Waals surface area contributed by atoms with Gasteiger partial charge in [-0.25, -0.2) is 4.79 Å². The van der Waals surface area contributed by atoms with Crippen molar-refractivity contribution in [3.05, 3.63) is 70.8 Å². The van der Waals surface area contributed by atoms with Crippen molar-refractivity contribution >= 4 is 12.2 Å². The Morgan fingerprint density at radius 2 is 1.60 bits per heavy atom. The average molecular weight is 417 g/mol. The zero-order chi connectivity index (χ0) is 21.4. The van der Waals surface area contributed by atoms with Crippen LogP contribution in [0.2, 0.25) is 0 Å². The van der Waals surface area contributed by atoms with Crippen LogP contribution in [0.5, 0.6) is 0 Å². The van der Waals surface area contributed by atoms with Crippen molar-refractivity contribution in [3.8, 4) is 0 Å². The van der Waals surface area contributed by atoms with Gasteiger partial charge in [0.2, 0.25) is 0 Å². The third-order valence-corrected chi connectivity index (χ3v) is 5.10. The summed E-state index contributed by atoms with van der Waals surface area (Å²) in [4.78, 5) is 18.3. The molecule has 0 radical (unpaired) electrons. The SMILES string of the molecule is O=C(NCCCCCCN=Cc1ccc(C(F)(F)F)cc1)N1Cc2ccccc2C1. The molecule has 160 valence electrons. The quantitative estimate of drug-likeness (QED) is 0.453. The minimum Gasteiger partial charge on any atom is -0.338 e. The molecule has 1 aliphatic rings. The van der Waals surface area contributed by atoms with E-state index in [1.54, 1.807) is 6.21 Å². The summed E-state index contributed by atoms with van der Waals surface area (Å²) in [6, 6.07) is 13.1. The molecule has 0 aliphatic carbocycles. The number of alkyl halides is 3. The maximum atomic E-state index is 12.5. The molecule has 0 atom stereocenters. The fraction of sp³-hybridized carbons (Fsp3) is 0.391. The molecule has 0 bridgehead atoms. The number of hydrogen-bond donors (Lipinski definition) is 1. The van der Waals surface area contributed by atoms with E-state index in [-0.39, 0.29) is 6.03 Å². The highest BCUT2D eigenvalue weighted by Gasteiger charge is 2.29. The van der Waals surface area contributed by atoms with E-state index < -0.39 is 11.7 Å². The molecule has 0 saturated carbocycles. The Kier molecular flexibility index (Phi) is 7.49. The highest BCUT2D eigenvalue weighted by atomic mass is 19.4. The normalized spacial score (nSPS) is 13.6. The van der Waals surface area contributed by atoms with Gasteiger partial charge in [-0.1, -0.05) is 49.2 Å². The van der Waals surface area contributed by atoms with Crippen LogP contribution in [0.4, 0.5) is 18.0 Å². The smallest absolute Gasteiger partial charge is 0.338 e. The Morgan fingerprint density at radius 1 is 0.967 bits per heavy atom. The van der Waals surface area contributed by atoms with Crippen molar-refractivity contribution in [2.45, 2.75) is 44.9 Å². The molecule has 4 nitrogen and oxygen atoms in total. The standard InChI is InChI=1S/C23H26F3N3O/c24-23(25,26)21-11-9-18(10-12-21)15-27-13-5-1-2-6-14-28-22(30)29-16-19-7-3-4-8-20(19)17-29/h3-4,7-12,15H,1-2,5-6,13-14,16-17H2,(H,28,30). The highest BCUT2D eigenvalue weighted by Crippen LogP contribution is 2.28. The number of hydrogen-bond acceptors (Lipinski definition) is 2. The van der Waals surface area contributed by atoms with E-state index in [0.717, 1.165) is 37.8 Å². The molecule has 0 fully saturated rings. The van der Waals surface area contributed by atoms with E-state index in [1.165, 1.54) is 23.3 Å². The number of urea groups is 1. The summed E-state index contributed by atoms with van der Waals surface area (Å²) in [6.45, 7) is 2.62. The van der Waals surface area contributed by atoms with Crippen LogP contribution in [0.25, 0.3) is 0 Å².